The van der Waals surface area contributed by atoms with E-state index in [2.05, 4.69) is 26.0 Å². The van der Waals surface area contributed by atoms with Crippen molar-refractivity contribution in [3.05, 3.63) is 24.3 Å². The first-order valence-electron chi connectivity index (χ1n) is 6.20. The Labute approximate surface area is 104 Å². The first-order valence-corrected chi connectivity index (χ1v) is 7.19. The van der Waals surface area contributed by atoms with E-state index in [9.17, 15) is 0 Å². The molecule has 16 heavy (non-hydrogen) atoms. The van der Waals surface area contributed by atoms with Crippen LogP contribution in [0.15, 0.2) is 29.2 Å². The van der Waals surface area contributed by atoms with Gasteiger partial charge in [0.15, 0.2) is 0 Å². The maximum atomic E-state index is 5.64. The topological polar surface area (TPSA) is 26.0 Å². The molecule has 0 saturated heterocycles. The zero-order valence-electron chi connectivity index (χ0n) is 10.4. The fraction of sp³-hybridized carbons (Fsp3) is 0.571. The maximum Gasteiger partial charge on any atom is 0.0314 e. The van der Waals surface area contributed by atoms with Gasteiger partial charge in [-0.1, -0.05) is 33.1 Å². The van der Waals surface area contributed by atoms with Crippen molar-refractivity contribution >= 4 is 17.4 Å². The van der Waals surface area contributed by atoms with E-state index in [-0.39, 0.29) is 0 Å². The molecule has 2 N–H and O–H groups in total. The number of nitrogen functional groups attached to an aromatic ring is 1. The summed E-state index contributed by atoms with van der Waals surface area (Å²) >= 11 is 1.93. The van der Waals surface area contributed by atoms with Crippen LogP contribution in [0.1, 0.15) is 39.5 Å². The molecule has 0 aromatic heterocycles. The first kappa shape index (κ1) is 13.4. The molecule has 0 saturated carbocycles. The van der Waals surface area contributed by atoms with E-state index in [0.29, 0.717) is 0 Å². The van der Waals surface area contributed by atoms with Crippen LogP contribution in [0.5, 0.6) is 0 Å². The van der Waals surface area contributed by atoms with Crippen LogP contribution in [0.3, 0.4) is 0 Å². The first-order chi connectivity index (χ1) is 7.72. The van der Waals surface area contributed by atoms with Crippen molar-refractivity contribution < 1.29 is 0 Å². The van der Waals surface area contributed by atoms with Crippen molar-refractivity contribution in [1.82, 2.24) is 0 Å². The lowest BCUT2D eigenvalue weighted by Crippen LogP contribution is -1.92. The Bertz CT molecular complexity index is 281. The molecule has 0 radical (unpaired) electrons. The highest BCUT2D eigenvalue weighted by Gasteiger charge is 1.98. The van der Waals surface area contributed by atoms with Crippen LogP contribution >= 0.6 is 11.8 Å². The van der Waals surface area contributed by atoms with Crippen molar-refractivity contribution in [3.63, 3.8) is 0 Å². The number of unbranched alkanes of at least 4 members (excludes halogenated alkanes) is 1. The molecule has 1 rings (SSSR count). The van der Waals surface area contributed by atoms with Gasteiger partial charge in [-0.15, -0.1) is 11.8 Å². The summed E-state index contributed by atoms with van der Waals surface area (Å²) in [5.74, 6) is 2.11. The van der Waals surface area contributed by atoms with Crippen LogP contribution in [0.4, 0.5) is 5.69 Å². The Morgan fingerprint density at radius 1 is 1.19 bits per heavy atom. The monoisotopic (exact) mass is 237 g/mol. The number of thioether (sulfide) groups is 1. The third kappa shape index (κ3) is 5.45. The van der Waals surface area contributed by atoms with E-state index in [4.69, 9.17) is 5.73 Å². The minimum atomic E-state index is 0.848. The second-order valence-electron chi connectivity index (χ2n) is 4.43. The number of benzene rings is 1. The lowest BCUT2D eigenvalue weighted by molar-refractivity contribution is 0.493. The van der Waals surface area contributed by atoms with Crippen LogP contribution in [-0.2, 0) is 0 Å². The predicted molar refractivity (Wildman–Crippen MR) is 74.9 cm³/mol. The molecule has 0 amide bonds. The van der Waals surface area contributed by atoms with Gasteiger partial charge in [-0.2, -0.15) is 0 Å². The lowest BCUT2D eigenvalue weighted by Gasteiger charge is -2.07. The van der Waals surface area contributed by atoms with Crippen molar-refractivity contribution in [2.45, 2.75) is 44.4 Å². The Hall–Kier alpha value is -0.630. The fourth-order valence-corrected chi connectivity index (χ4v) is 2.47. The molecule has 0 heterocycles. The van der Waals surface area contributed by atoms with Gasteiger partial charge in [0.05, 0.1) is 0 Å². The minimum Gasteiger partial charge on any atom is -0.399 e. The minimum absolute atomic E-state index is 0.848. The summed E-state index contributed by atoms with van der Waals surface area (Å²) in [5, 5.41) is 0. The van der Waals surface area contributed by atoms with E-state index in [1.54, 1.807) is 0 Å². The standard InChI is InChI=1S/C14H23NS/c1-3-12(2)6-4-5-11-16-14-9-7-13(15)8-10-14/h7-10,12H,3-6,11,15H2,1-2H3/t12-/m1/s1. The summed E-state index contributed by atoms with van der Waals surface area (Å²) in [6.07, 6.45) is 5.36. The zero-order valence-corrected chi connectivity index (χ0v) is 11.2. The molecule has 90 valence electrons. The Kier molecular flexibility index (Phi) is 6.39. The van der Waals surface area contributed by atoms with E-state index in [1.807, 2.05) is 23.9 Å². The second kappa shape index (κ2) is 7.61. The molecular weight excluding hydrogens is 214 g/mol. The Balaban J connectivity index is 2.09. The maximum absolute atomic E-state index is 5.64. The van der Waals surface area contributed by atoms with Crippen molar-refractivity contribution in [2.24, 2.45) is 5.92 Å². The van der Waals surface area contributed by atoms with E-state index in [0.717, 1.165) is 11.6 Å². The lowest BCUT2D eigenvalue weighted by atomic mass is 10.0. The van der Waals surface area contributed by atoms with Gasteiger partial charge < -0.3 is 5.73 Å². The molecule has 0 unspecified atom stereocenters. The number of rotatable bonds is 7. The number of anilines is 1. The zero-order chi connectivity index (χ0) is 11.8. The van der Waals surface area contributed by atoms with Gasteiger partial charge in [0.25, 0.3) is 0 Å². The van der Waals surface area contributed by atoms with E-state index >= 15 is 0 Å². The van der Waals surface area contributed by atoms with Gasteiger partial charge in [0.1, 0.15) is 0 Å². The third-order valence-electron chi connectivity index (χ3n) is 2.94. The number of nitrogens with two attached hydrogens (primary N) is 1. The van der Waals surface area contributed by atoms with Gasteiger partial charge in [0, 0.05) is 10.6 Å². The molecule has 0 aliphatic rings. The molecular formula is C14H23NS. The molecule has 1 nitrogen and oxygen atoms in total. The Morgan fingerprint density at radius 3 is 2.50 bits per heavy atom. The second-order valence-corrected chi connectivity index (χ2v) is 5.60. The van der Waals surface area contributed by atoms with Crippen molar-refractivity contribution in [1.29, 1.82) is 0 Å². The summed E-state index contributed by atoms with van der Waals surface area (Å²) < 4.78 is 0. The smallest absolute Gasteiger partial charge is 0.0314 e. The van der Waals surface area contributed by atoms with Crippen molar-refractivity contribution in [3.8, 4) is 0 Å². The molecule has 0 bridgehead atoms. The average Bonchev–Trinajstić information content (AvgIpc) is 2.31. The van der Waals surface area contributed by atoms with E-state index < -0.39 is 0 Å². The molecule has 1 atom stereocenters. The van der Waals surface area contributed by atoms with Gasteiger partial charge >= 0.3 is 0 Å². The molecule has 1 aromatic rings. The SMILES string of the molecule is CC[C@@H](C)CCCCSc1ccc(N)cc1. The van der Waals surface area contributed by atoms with Crippen LogP contribution in [0.25, 0.3) is 0 Å². The molecule has 0 aliphatic carbocycles. The van der Waals surface area contributed by atoms with Crippen molar-refractivity contribution in [2.75, 3.05) is 11.5 Å². The predicted octanol–water partition coefficient (Wildman–Crippen LogP) is 4.58. The third-order valence-corrected chi connectivity index (χ3v) is 4.04. The quantitative estimate of drug-likeness (QED) is 0.427. The molecule has 0 spiro atoms. The molecule has 0 aliphatic heterocycles. The average molecular weight is 237 g/mol. The summed E-state index contributed by atoms with van der Waals surface area (Å²) in [6.45, 7) is 4.61. The van der Waals surface area contributed by atoms with Crippen LogP contribution in [-0.4, -0.2) is 5.75 Å². The summed E-state index contributed by atoms with van der Waals surface area (Å²) in [6, 6.07) is 8.16. The summed E-state index contributed by atoms with van der Waals surface area (Å²) in [5.41, 5.74) is 6.49. The van der Waals surface area contributed by atoms with Crippen LogP contribution in [0, 0.1) is 5.92 Å². The fourth-order valence-electron chi connectivity index (χ4n) is 1.55. The summed E-state index contributed by atoms with van der Waals surface area (Å²) in [4.78, 5) is 1.33. The van der Waals surface area contributed by atoms with Gasteiger partial charge in [-0.05, 0) is 42.4 Å². The Morgan fingerprint density at radius 2 is 1.88 bits per heavy atom. The van der Waals surface area contributed by atoms with E-state index in [1.165, 1.54) is 36.3 Å². The van der Waals surface area contributed by atoms with Crippen LogP contribution in [0.2, 0.25) is 0 Å². The molecule has 2 heteroatoms. The van der Waals surface area contributed by atoms with Gasteiger partial charge in [-0.25, -0.2) is 0 Å². The highest BCUT2D eigenvalue weighted by atomic mass is 32.2. The number of hydrogen-bond donors (Lipinski definition) is 1. The van der Waals surface area contributed by atoms with Gasteiger partial charge in [-0.3, -0.25) is 0 Å². The van der Waals surface area contributed by atoms with Crippen LogP contribution < -0.4 is 5.73 Å². The molecule has 0 fully saturated rings. The highest BCUT2D eigenvalue weighted by Crippen LogP contribution is 2.21. The highest BCUT2D eigenvalue weighted by molar-refractivity contribution is 7.99. The summed E-state index contributed by atoms with van der Waals surface area (Å²) in [7, 11) is 0. The van der Waals surface area contributed by atoms with Gasteiger partial charge in [0.2, 0.25) is 0 Å². The number of hydrogen-bond acceptors (Lipinski definition) is 2. The largest absolute Gasteiger partial charge is 0.399 e. The normalized spacial score (nSPS) is 12.6. The molecule has 1 aromatic carbocycles.